The first-order chi connectivity index (χ1) is 15.9. The number of carbonyl (C=O) groups excluding carboxylic acids is 1. The number of unbranched alkanes of at least 4 members (excludes halogenated alkanes) is 2. The van der Waals surface area contributed by atoms with Gasteiger partial charge in [0.05, 0.1) is 12.7 Å². The van der Waals surface area contributed by atoms with Gasteiger partial charge < -0.3 is 24.4 Å². The van der Waals surface area contributed by atoms with Crippen LogP contribution in [0.5, 0.6) is 5.75 Å². The lowest BCUT2D eigenvalue weighted by atomic mass is 9.73. The number of benzene rings is 1. The topological polar surface area (TPSA) is 102 Å². The molecule has 0 amide bonds. The number of rotatable bonds is 12. The van der Waals surface area contributed by atoms with Gasteiger partial charge in [0.1, 0.15) is 11.9 Å². The van der Waals surface area contributed by atoms with Gasteiger partial charge in [-0.2, -0.15) is 0 Å². The number of fused-ring (bicyclic) bond motifs is 2. The molecule has 7 heteroatoms. The lowest BCUT2D eigenvalue weighted by Gasteiger charge is -2.32. The van der Waals surface area contributed by atoms with Crippen molar-refractivity contribution >= 4 is 12.1 Å². The van der Waals surface area contributed by atoms with Gasteiger partial charge in [0.2, 0.25) is 0 Å². The van der Waals surface area contributed by atoms with E-state index in [0.717, 1.165) is 56.9 Å². The number of aliphatic hydroxyl groups excluding tert-OH is 1. The molecule has 0 aromatic heterocycles. The summed E-state index contributed by atoms with van der Waals surface area (Å²) in [6.07, 6.45) is 6.77. The van der Waals surface area contributed by atoms with Crippen LogP contribution in [0.1, 0.15) is 69.9 Å². The van der Waals surface area contributed by atoms with E-state index in [-0.39, 0.29) is 31.3 Å². The molecule has 7 nitrogen and oxygen atoms in total. The van der Waals surface area contributed by atoms with Gasteiger partial charge in [-0.3, -0.25) is 0 Å². The van der Waals surface area contributed by atoms with Gasteiger partial charge in [0.25, 0.3) is 0 Å². The fourth-order valence-corrected chi connectivity index (χ4v) is 5.62. The van der Waals surface area contributed by atoms with Gasteiger partial charge in [-0.1, -0.05) is 38.3 Å². The van der Waals surface area contributed by atoms with E-state index in [4.69, 9.17) is 19.3 Å². The Morgan fingerprint density at radius 3 is 2.70 bits per heavy atom. The number of carbonyl (C=O) groups is 2. The third-order valence-corrected chi connectivity index (χ3v) is 7.16. The van der Waals surface area contributed by atoms with E-state index in [1.54, 1.807) is 6.92 Å². The number of aliphatic carboxylic acids is 1. The predicted molar refractivity (Wildman–Crippen MR) is 123 cm³/mol. The van der Waals surface area contributed by atoms with Crippen LogP contribution in [-0.2, 0) is 27.1 Å². The summed E-state index contributed by atoms with van der Waals surface area (Å²) >= 11 is 0. The highest BCUT2D eigenvalue weighted by atomic mass is 16.7. The lowest BCUT2D eigenvalue weighted by molar-refractivity contribution is -0.139. The fraction of sp³-hybridized carbons (Fsp3) is 0.692. The average molecular weight is 463 g/mol. The van der Waals surface area contributed by atoms with Crippen molar-refractivity contribution in [3.63, 3.8) is 0 Å². The standard InChI is InChI=1S/C26H38O7/c1-3-5-6-9-19(27)11-12-20-21-13-17-8-7-10-23(32-16-25(28)29)22(17)14-18(21)15-24(20)33-26(30)31-4-2/h7-8,10,18-21,24,27H,3-6,9,11-16H2,1-2H3,(H,28,29)/t18-,19-,20+,21-,24+/m0/s1. The Balaban J connectivity index is 1.72. The van der Waals surface area contributed by atoms with Crippen LogP contribution in [0.4, 0.5) is 4.79 Å². The molecule has 1 aromatic carbocycles. The maximum atomic E-state index is 12.1. The van der Waals surface area contributed by atoms with Crippen molar-refractivity contribution in [3.05, 3.63) is 29.3 Å². The number of hydrogen-bond acceptors (Lipinski definition) is 6. The smallest absolute Gasteiger partial charge is 0.482 e. The van der Waals surface area contributed by atoms with Crippen molar-refractivity contribution in [1.82, 2.24) is 0 Å². The third kappa shape index (κ3) is 6.85. The van der Waals surface area contributed by atoms with E-state index in [9.17, 15) is 14.7 Å². The second-order valence-corrected chi connectivity index (χ2v) is 9.37. The SMILES string of the molecule is CCCCC[C@H](O)CC[C@@H]1[C@H]2Cc3cccc(OCC(=O)O)c3C[C@H]2C[C@H]1OC(=O)OCC. The number of carboxylic acids is 1. The monoisotopic (exact) mass is 462 g/mol. The average Bonchev–Trinajstić information content (AvgIpc) is 3.10. The maximum absolute atomic E-state index is 12.1. The molecule has 0 heterocycles. The van der Waals surface area contributed by atoms with Gasteiger partial charge in [0.15, 0.2) is 6.61 Å². The zero-order valence-corrected chi connectivity index (χ0v) is 19.8. The molecule has 1 saturated carbocycles. The molecule has 0 saturated heterocycles. The van der Waals surface area contributed by atoms with Crippen molar-refractivity contribution in [2.75, 3.05) is 13.2 Å². The van der Waals surface area contributed by atoms with Crippen molar-refractivity contribution in [3.8, 4) is 5.75 Å². The second kappa shape index (κ2) is 12.3. The van der Waals surface area contributed by atoms with E-state index in [1.807, 2.05) is 12.1 Å². The molecule has 0 unspecified atom stereocenters. The molecule has 0 aliphatic heterocycles. The Kier molecular flexibility index (Phi) is 9.41. The zero-order valence-electron chi connectivity index (χ0n) is 19.8. The normalized spacial score (nSPS) is 24.5. The van der Waals surface area contributed by atoms with Crippen LogP contribution in [0.15, 0.2) is 18.2 Å². The number of ether oxygens (including phenoxy) is 3. The van der Waals surface area contributed by atoms with Gasteiger partial charge in [-0.25, -0.2) is 9.59 Å². The van der Waals surface area contributed by atoms with Crippen molar-refractivity contribution in [2.24, 2.45) is 17.8 Å². The first kappa shape index (κ1) is 25.3. The Morgan fingerprint density at radius 1 is 1.15 bits per heavy atom. The number of carboxylic acid groups (broad SMARTS) is 1. The van der Waals surface area contributed by atoms with Crippen LogP contribution in [0, 0.1) is 17.8 Å². The summed E-state index contributed by atoms with van der Waals surface area (Å²) in [5.41, 5.74) is 2.24. The Labute approximate surface area is 196 Å². The third-order valence-electron chi connectivity index (χ3n) is 7.16. The minimum Gasteiger partial charge on any atom is -0.482 e. The molecule has 184 valence electrons. The number of hydrogen-bond donors (Lipinski definition) is 2. The molecule has 33 heavy (non-hydrogen) atoms. The summed E-state index contributed by atoms with van der Waals surface area (Å²) in [6.45, 7) is 3.82. The predicted octanol–water partition coefficient (Wildman–Crippen LogP) is 4.76. The highest BCUT2D eigenvalue weighted by Crippen LogP contribution is 2.49. The Bertz CT molecular complexity index is 793. The van der Waals surface area contributed by atoms with Crippen molar-refractivity contribution in [2.45, 2.75) is 83.8 Å². The van der Waals surface area contributed by atoms with E-state index in [1.165, 1.54) is 5.56 Å². The summed E-state index contributed by atoms with van der Waals surface area (Å²) in [6, 6.07) is 5.81. The Hall–Kier alpha value is -2.28. The molecule has 5 atom stereocenters. The highest BCUT2D eigenvalue weighted by Gasteiger charge is 2.47. The summed E-state index contributed by atoms with van der Waals surface area (Å²) in [4.78, 5) is 23.1. The van der Waals surface area contributed by atoms with Gasteiger partial charge in [-0.15, -0.1) is 0 Å². The summed E-state index contributed by atoms with van der Waals surface area (Å²) in [5.74, 6) is 0.453. The summed E-state index contributed by atoms with van der Waals surface area (Å²) in [7, 11) is 0. The lowest BCUT2D eigenvalue weighted by Crippen LogP contribution is -2.30. The van der Waals surface area contributed by atoms with E-state index in [0.29, 0.717) is 24.0 Å². The first-order valence-corrected chi connectivity index (χ1v) is 12.4. The van der Waals surface area contributed by atoms with Crippen LogP contribution in [0.2, 0.25) is 0 Å². The molecule has 2 N–H and O–H groups in total. The molecule has 0 radical (unpaired) electrons. The van der Waals surface area contributed by atoms with E-state index >= 15 is 0 Å². The van der Waals surface area contributed by atoms with Crippen LogP contribution >= 0.6 is 0 Å². The minimum absolute atomic E-state index is 0.164. The molecular formula is C26H38O7. The molecule has 1 aromatic rings. The van der Waals surface area contributed by atoms with Crippen molar-refractivity contribution in [1.29, 1.82) is 0 Å². The first-order valence-electron chi connectivity index (χ1n) is 12.4. The Morgan fingerprint density at radius 2 is 1.97 bits per heavy atom. The summed E-state index contributed by atoms with van der Waals surface area (Å²) in [5, 5.41) is 19.5. The van der Waals surface area contributed by atoms with E-state index in [2.05, 4.69) is 13.0 Å². The second-order valence-electron chi connectivity index (χ2n) is 9.37. The molecule has 2 aliphatic carbocycles. The largest absolute Gasteiger partial charge is 0.508 e. The highest BCUT2D eigenvalue weighted by molar-refractivity contribution is 5.68. The zero-order chi connectivity index (χ0) is 23.8. The van der Waals surface area contributed by atoms with Crippen molar-refractivity contribution < 1.29 is 34.0 Å². The molecule has 2 aliphatic rings. The van der Waals surface area contributed by atoms with Gasteiger partial charge >= 0.3 is 12.1 Å². The molecule has 3 rings (SSSR count). The van der Waals surface area contributed by atoms with Gasteiger partial charge in [-0.05, 0) is 80.4 Å². The molecule has 1 fully saturated rings. The van der Waals surface area contributed by atoms with Crippen LogP contribution in [0.25, 0.3) is 0 Å². The van der Waals surface area contributed by atoms with Crippen LogP contribution in [0.3, 0.4) is 0 Å². The fourth-order valence-electron chi connectivity index (χ4n) is 5.62. The molecular weight excluding hydrogens is 424 g/mol. The number of aliphatic hydroxyl groups is 1. The quantitative estimate of drug-likeness (QED) is 0.341. The van der Waals surface area contributed by atoms with E-state index < -0.39 is 12.1 Å². The summed E-state index contributed by atoms with van der Waals surface area (Å²) < 4.78 is 16.3. The molecule has 0 bridgehead atoms. The van der Waals surface area contributed by atoms with Gasteiger partial charge in [0, 0.05) is 0 Å². The minimum atomic E-state index is -0.998. The van der Waals surface area contributed by atoms with Crippen LogP contribution in [-0.4, -0.2) is 47.8 Å². The van der Waals surface area contributed by atoms with Crippen LogP contribution < -0.4 is 4.74 Å². The maximum Gasteiger partial charge on any atom is 0.508 e. The molecule has 0 spiro atoms.